The summed E-state index contributed by atoms with van der Waals surface area (Å²) >= 11 is 0. The zero-order chi connectivity index (χ0) is 34.2. The molecule has 0 bridgehead atoms. The molecular formula is C38H28F6O4. The van der Waals surface area contributed by atoms with Crippen LogP contribution in [0.25, 0.3) is 33.4 Å². The second-order valence-electron chi connectivity index (χ2n) is 11.0. The van der Waals surface area contributed by atoms with E-state index < -0.39 is 46.8 Å². The number of rotatable bonds is 12. The third-order valence-electron chi connectivity index (χ3n) is 7.55. The topological polar surface area (TPSA) is 52.6 Å². The number of halogens is 6. The fraction of sp³-hybridized carbons (Fsp3) is 0.158. The van der Waals surface area contributed by atoms with Crippen LogP contribution in [-0.2, 0) is 20.9 Å². The monoisotopic (exact) mass is 662 g/mol. The molecule has 0 unspecified atom stereocenters. The van der Waals surface area contributed by atoms with Crippen molar-refractivity contribution in [2.45, 2.75) is 38.7 Å². The van der Waals surface area contributed by atoms with Gasteiger partial charge in [-0.15, -0.1) is 0 Å². The fourth-order valence-electron chi connectivity index (χ4n) is 4.99. The van der Waals surface area contributed by atoms with E-state index in [1.54, 1.807) is 24.3 Å². The molecule has 0 radical (unpaired) electrons. The second kappa shape index (κ2) is 15.5. The lowest BCUT2D eigenvalue weighted by Crippen LogP contribution is -2.08. The van der Waals surface area contributed by atoms with Gasteiger partial charge in [-0.3, -0.25) is 9.59 Å². The lowest BCUT2D eigenvalue weighted by Gasteiger charge is -2.09. The summed E-state index contributed by atoms with van der Waals surface area (Å²) in [6.07, 6.45) is 1.52. The number of benzene rings is 5. The highest BCUT2D eigenvalue weighted by Crippen LogP contribution is 2.30. The minimum atomic E-state index is -1.09. The van der Waals surface area contributed by atoms with Crippen LogP contribution in [0, 0.1) is 34.9 Å². The molecule has 5 rings (SSSR count). The van der Waals surface area contributed by atoms with Crippen LogP contribution >= 0.6 is 0 Å². The summed E-state index contributed by atoms with van der Waals surface area (Å²) in [7, 11) is 0. The number of carbonyl (C=O) groups is 2. The van der Waals surface area contributed by atoms with E-state index in [9.17, 15) is 35.9 Å². The summed E-state index contributed by atoms with van der Waals surface area (Å²) in [4.78, 5) is 24.4. The maximum absolute atomic E-state index is 14.9. The standard InChI is InChI=1S/C38H28F6O4/c39-31-16-11-26(19-35(31)43)24-7-9-25(10-8-24)29-15-13-28(21-34(29)42)48-38(46)5-3-1-2-4-37(45)47-22-23-6-14-30(33(41)18-23)27-12-17-32(40)36(44)20-27/h6-21H,1-5,22H2. The molecule has 0 N–H and O–H groups in total. The van der Waals surface area contributed by atoms with E-state index in [1.807, 2.05) is 0 Å². The van der Waals surface area contributed by atoms with E-state index in [2.05, 4.69) is 0 Å². The Morgan fingerprint density at radius 3 is 1.65 bits per heavy atom. The Balaban J connectivity index is 1.02. The first-order chi connectivity index (χ1) is 23.1. The lowest BCUT2D eigenvalue weighted by atomic mass is 10.00. The van der Waals surface area contributed by atoms with Crippen molar-refractivity contribution in [3.8, 4) is 39.1 Å². The van der Waals surface area contributed by atoms with Crippen molar-refractivity contribution < 1.29 is 45.4 Å². The molecular weight excluding hydrogens is 634 g/mol. The van der Waals surface area contributed by atoms with E-state index in [0.29, 0.717) is 41.5 Å². The molecule has 5 aromatic rings. The van der Waals surface area contributed by atoms with Gasteiger partial charge in [-0.25, -0.2) is 26.3 Å². The van der Waals surface area contributed by atoms with E-state index in [1.165, 1.54) is 36.4 Å². The van der Waals surface area contributed by atoms with Crippen molar-refractivity contribution in [2.75, 3.05) is 0 Å². The molecule has 0 amide bonds. The molecule has 246 valence electrons. The number of esters is 2. The number of ether oxygens (including phenoxy) is 2. The summed E-state index contributed by atoms with van der Waals surface area (Å²) in [6, 6.07) is 21.4. The summed E-state index contributed by atoms with van der Waals surface area (Å²) in [5.74, 6) is -6.34. The molecule has 0 heterocycles. The largest absolute Gasteiger partial charge is 0.461 e. The Morgan fingerprint density at radius 2 is 1.00 bits per heavy atom. The molecule has 10 heteroatoms. The molecule has 48 heavy (non-hydrogen) atoms. The van der Waals surface area contributed by atoms with Gasteiger partial charge in [-0.05, 0) is 83.1 Å². The van der Waals surface area contributed by atoms with Crippen molar-refractivity contribution in [2.24, 2.45) is 0 Å². The van der Waals surface area contributed by atoms with Gasteiger partial charge in [-0.2, -0.15) is 0 Å². The molecule has 0 aliphatic rings. The third kappa shape index (κ3) is 8.70. The number of carbonyl (C=O) groups excluding carboxylic acids is 2. The molecule has 0 spiro atoms. The van der Waals surface area contributed by atoms with Gasteiger partial charge in [0.1, 0.15) is 24.0 Å². The van der Waals surface area contributed by atoms with Crippen LogP contribution in [0.4, 0.5) is 26.3 Å². The maximum Gasteiger partial charge on any atom is 0.311 e. The maximum atomic E-state index is 14.9. The predicted molar refractivity (Wildman–Crippen MR) is 167 cm³/mol. The lowest BCUT2D eigenvalue weighted by molar-refractivity contribution is -0.145. The Labute approximate surface area is 272 Å². The highest BCUT2D eigenvalue weighted by molar-refractivity contribution is 5.74. The zero-order valence-corrected chi connectivity index (χ0v) is 25.4. The number of unbranched alkanes of at least 4 members (excludes halogenated alkanes) is 2. The van der Waals surface area contributed by atoms with Crippen LogP contribution in [0.3, 0.4) is 0 Å². The van der Waals surface area contributed by atoms with Gasteiger partial charge >= 0.3 is 11.9 Å². The minimum Gasteiger partial charge on any atom is -0.461 e. The van der Waals surface area contributed by atoms with Crippen LogP contribution in [0.1, 0.15) is 37.7 Å². The molecule has 0 saturated carbocycles. The zero-order valence-electron chi connectivity index (χ0n) is 25.4. The van der Waals surface area contributed by atoms with Gasteiger partial charge in [0.25, 0.3) is 0 Å². The Morgan fingerprint density at radius 1 is 0.458 bits per heavy atom. The number of hydrogen-bond acceptors (Lipinski definition) is 4. The quantitative estimate of drug-likeness (QED) is 0.0578. The first kappa shape index (κ1) is 34.0. The number of hydrogen-bond donors (Lipinski definition) is 0. The molecule has 0 aliphatic carbocycles. The fourth-order valence-corrected chi connectivity index (χ4v) is 4.99. The van der Waals surface area contributed by atoms with Crippen molar-refractivity contribution in [1.82, 2.24) is 0 Å². The summed E-state index contributed by atoms with van der Waals surface area (Å²) in [6.45, 7) is -0.169. The highest BCUT2D eigenvalue weighted by Gasteiger charge is 2.13. The van der Waals surface area contributed by atoms with E-state index >= 15 is 0 Å². The van der Waals surface area contributed by atoms with Crippen molar-refractivity contribution in [3.63, 3.8) is 0 Å². The van der Waals surface area contributed by atoms with Gasteiger partial charge in [0, 0.05) is 30.0 Å². The van der Waals surface area contributed by atoms with Crippen LogP contribution < -0.4 is 4.74 Å². The van der Waals surface area contributed by atoms with Gasteiger partial charge in [0.2, 0.25) is 0 Å². The SMILES string of the molecule is O=C(CCCCCC(=O)Oc1ccc(-c2ccc(-c3ccc(F)c(F)c3)cc2)c(F)c1)OCc1ccc(-c2ccc(F)c(F)c2)c(F)c1. The summed E-state index contributed by atoms with van der Waals surface area (Å²) < 4.78 is 93.3. The van der Waals surface area contributed by atoms with E-state index in [0.717, 1.165) is 36.4 Å². The van der Waals surface area contributed by atoms with Crippen molar-refractivity contribution in [1.29, 1.82) is 0 Å². The highest BCUT2D eigenvalue weighted by atomic mass is 19.2. The van der Waals surface area contributed by atoms with Crippen LogP contribution in [0.15, 0.2) is 97.1 Å². The predicted octanol–water partition coefficient (Wildman–Crippen LogP) is 10.1. The molecule has 0 aromatic heterocycles. The normalized spacial score (nSPS) is 11.0. The third-order valence-corrected chi connectivity index (χ3v) is 7.55. The first-order valence-corrected chi connectivity index (χ1v) is 15.0. The van der Waals surface area contributed by atoms with Crippen molar-refractivity contribution in [3.05, 3.63) is 138 Å². The molecule has 0 fully saturated rings. The molecule has 5 aromatic carbocycles. The summed E-state index contributed by atoms with van der Waals surface area (Å²) in [5.41, 5.74) is 2.55. The molecule has 0 saturated heterocycles. The molecule has 0 atom stereocenters. The average Bonchev–Trinajstić information content (AvgIpc) is 3.06. The van der Waals surface area contributed by atoms with Crippen LogP contribution in [0.2, 0.25) is 0 Å². The Hall–Kier alpha value is -5.38. The smallest absolute Gasteiger partial charge is 0.311 e. The molecule has 4 nitrogen and oxygen atoms in total. The van der Waals surface area contributed by atoms with Gasteiger partial charge in [0.05, 0.1) is 0 Å². The van der Waals surface area contributed by atoms with Gasteiger partial charge in [0.15, 0.2) is 23.3 Å². The minimum absolute atomic E-state index is 0.0394. The van der Waals surface area contributed by atoms with Crippen LogP contribution in [-0.4, -0.2) is 11.9 Å². The Kier molecular flexibility index (Phi) is 10.9. The van der Waals surface area contributed by atoms with E-state index in [-0.39, 0.29) is 41.9 Å². The summed E-state index contributed by atoms with van der Waals surface area (Å²) in [5, 5.41) is 0. The average molecular weight is 663 g/mol. The first-order valence-electron chi connectivity index (χ1n) is 15.0. The van der Waals surface area contributed by atoms with Gasteiger partial charge < -0.3 is 9.47 Å². The second-order valence-corrected chi connectivity index (χ2v) is 11.0. The van der Waals surface area contributed by atoms with Crippen molar-refractivity contribution >= 4 is 11.9 Å². The van der Waals surface area contributed by atoms with Gasteiger partial charge in [-0.1, -0.05) is 55.0 Å². The Bertz CT molecular complexity index is 1940. The van der Waals surface area contributed by atoms with E-state index in [4.69, 9.17) is 9.47 Å². The molecule has 0 aliphatic heterocycles. The van der Waals surface area contributed by atoms with Crippen LogP contribution in [0.5, 0.6) is 5.75 Å².